The van der Waals surface area contributed by atoms with E-state index in [0.29, 0.717) is 12.5 Å². The van der Waals surface area contributed by atoms with Crippen molar-refractivity contribution in [2.75, 3.05) is 0 Å². The summed E-state index contributed by atoms with van der Waals surface area (Å²) in [4.78, 5) is 12.3. The molecule has 0 aromatic heterocycles. The van der Waals surface area contributed by atoms with E-state index in [1.165, 1.54) is 18.4 Å². The summed E-state index contributed by atoms with van der Waals surface area (Å²) in [5.41, 5.74) is 2.30. The molecular formula is C17H25NO2. The van der Waals surface area contributed by atoms with Gasteiger partial charge in [-0.2, -0.15) is 0 Å². The Hall–Kier alpha value is -1.51. The van der Waals surface area contributed by atoms with Crippen molar-refractivity contribution in [1.29, 1.82) is 0 Å². The molecule has 0 radical (unpaired) electrons. The lowest BCUT2D eigenvalue weighted by Crippen LogP contribution is -2.42. The van der Waals surface area contributed by atoms with Crippen molar-refractivity contribution in [1.82, 2.24) is 5.32 Å². The number of rotatable bonds is 5. The standard InChI is InChI=1S/C17H25NO2/c1-4-15(17(19)18-14-9-5-6-10-14)20-16-11-7-8-12(2)13(16)3/h7-8,11,14-15H,4-6,9-10H2,1-3H3,(H,18,19)/t15-/m1/s1. The quantitative estimate of drug-likeness (QED) is 0.893. The lowest BCUT2D eigenvalue weighted by molar-refractivity contribution is -0.128. The summed E-state index contributed by atoms with van der Waals surface area (Å²) in [6, 6.07) is 6.31. The molecule has 1 saturated carbocycles. The van der Waals surface area contributed by atoms with Crippen LogP contribution in [0.5, 0.6) is 5.75 Å². The van der Waals surface area contributed by atoms with Crippen LogP contribution in [-0.2, 0) is 4.79 Å². The summed E-state index contributed by atoms with van der Waals surface area (Å²) in [7, 11) is 0. The minimum atomic E-state index is -0.392. The molecule has 1 fully saturated rings. The Morgan fingerprint density at radius 3 is 2.70 bits per heavy atom. The van der Waals surface area contributed by atoms with Gasteiger partial charge in [0.15, 0.2) is 6.10 Å². The smallest absolute Gasteiger partial charge is 0.261 e. The molecule has 2 rings (SSSR count). The summed E-state index contributed by atoms with van der Waals surface area (Å²) in [6.07, 6.45) is 4.94. The Morgan fingerprint density at radius 1 is 1.35 bits per heavy atom. The van der Waals surface area contributed by atoms with E-state index in [1.54, 1.807) is 0 Å². The van der Waals surface area contributed by atoms with Crippen LogP contribution in [0.2, 0.25) is 0 Å². The highest BCUT2D eigenvalue weighted by Gasteiger charge is 2.24. The van der Waals surface area contributed by atoms with Crippen molar-refractivity contribution >= 4 is 5.91 Å². The molecule has 0 unspecified atom stereocenters. The number of carbonyl (C=O) groups is 1. The minimum absolute atomic E-state index is 0.0281. The second-order valence-electron chi connectivity index (χ2n) is 5.70. The van der Waals surface area contributed by atoms with Crippen LogP contribution < -0.4 is 10.1 Å². The van der Waals surface area contributed by atoms with Crippen molar-refractivity contribution in [2.24, 2.45) is 0 Å². The van der Waals surface area contributed by atoms with E-state index in [1.807, 2.05) is 26.0 Å². The maximum atomic E-state index is 12.3. The predicted octanol–water partition coefficient (Wildman–Crippen LogP) is 3.52. The summed E-state index contributed by atoms with van der Waals surface area (Å²) in [5, 5.41) is 3.12. The van der Waals surface area contributed by atoms with Crippen LogP contribution >= 0.6 is 0 Å². The lowest BCUT2D eigenvalue weighted by Gasteiger charge is -2.21. The van der Waals surface area contributed by atoms with Crippen molar-refractivity contribution in [2.45, 2.75) is 65.0 Å². The monoisotopic (exact) mass is 275 g/mol. The van der Waals surface area contributed by atoms with Gasteiger partial charge >= 0.3 is 0 Å². The van der Waals surface area contributed by atoms with Gasteiger partial charge in [-0.15, -0.1) is 0 Å². The number of hydrogen-bond donors (Lipinski definition) is 1. The van der Waals surface area contributed by atoms with Gasteiger partial charge in [0.25, 0.3) is 5.91 Å². The molecule has 0 spiro atoms. The molecule has 1 aromatic rings. The summed E-state index contributed by atoms with van der Waals surface area (Å²) < 4.78 is 5.94. The normalized spacial score (nSPS) is 16.9. The second-order valence-corrected chi connectivity index (χ2v) is 5.70. The third kappa shape index (κ3) is 3.53. The predicted molar refractivity (Wildman–Crippen MR) is 81.0 cm³/mol. The Kier molecular flexibility index (Phi) is 5.05. The molecule has 0 bridgehead atoms. The number of benzene rings is 1. The molecule has 3 heteroatoms. The average Bonchev–Trinajstić information content (AvgIpc) is 2.93. The van der Waals surface area contributed by atoms with E-state index < -0.39 is 6.10 Å². The fraction of sp³-hybridized carbons (Fsp3) is 0.588. The van der Waals surface area contributed by atoms with Gasteiger partial charge in [0.1, 0.15) is 5.75 Å². The van der Waals surface area contributed by atoms with E-state index in [0.717, 1.165) is 24.2 Å². The first-order valence-corrected chi connectivity index (χ1v) is 7.65. The van der Waals surface area contributed by atoms with Crippen LogP contribution in [0.1, 0.15) is 50.2 Å². The van der Waals surface area contributed by atoms with E-state index in [2.05, 4.69) is 18.3 Å². The molecule has 1 N–H and O–H groups in total. The van der Waals surface area contributed by atoms with Gasteiger partial charge in [-0.25, -0.2) is 0 Å². The van der Waals surface area contributed by atoms with Gasteiger partial charge in [0, 0.05) is 6.04 Å². The largest absolute Gasteiger partial charge is 0.480 e. The average molecular weight is 275 g/mol. The molecule has 1 aliphatic rings. The minimum Gasteiger partial charge on any atom is -0.480 e. The van der Waals surface area contributed by atoms with Gasteiger partial charge in [0.05, 0.1) is 0 Å². The summed E-state index contributed by atoms with van der Waals surface area (Å²) >= 11 is 0. The summed E-state index contributed by atoms with van der Waals surface area (Å²) in [6.45, 7) is 6.08. The van der Waals surface area contributed by atoms with Crippen LogP contribution in [-0.4, -0.2) is 18.1 Å². The zero-order chi connectivity index (χ0) is 14.5. The first kappa shape index (κ1) is 14.9. The molecule has 1 amide bonds. The molecular weight excluding hydrogens is 250 g/mol. The number of ether oxygens (including phenoxy) is 1. The highest BCUT2D eigenvalue weighted by atomic mass is 16.5. The van der Waals surface area contributed by atoms with Gasteiger partial charge in [-0.3, -0.25) is 4.79 Å². The molecule has 1 atom stereocenters. The van der Waals surface area contributed by atoms with E-state index >= 15 is 0 Å². The zero-order valence-corrected chi connectivity index (χ0v) is 12.7. The maximum Gasteiger partial charge on any atom is 0.261 e. The Morgan fingerprint density at radius 2 is 2.05 bits per heavy atom. The van der Waals surface area contributed by atoms with Crippen LogP contribution in [0.15, 0.2) is 18.2 Å². The van der Waals surface area contributed by atoms with Crippen LogP contribution in [0.25, 0.3) is 0 Å². The topological polar surface area (TPSA) is 38.3 Å². The Bertz CT molecular complexity index is 464. The van der Waals surface area contributed by atoms with Gasteiger partial charge in [0.2, 0.25) is 0 Å². The first-order chi connectivity index (χ1) is 9.61. The highest BCUT2D eigenvalue weighted by molar-refractivity contribution is 5.81. The van der Waals surface area contributed by atoms with Crippen LogP contribution in [0.3, 0.4) is 0 Å². The molecule has 1 aliphatic carbocycles. The number of nitrogens with one attached hydrogen (secondary N) is 1. The molecule has 0 saturated heterocycles. The van der Waals surface area contributed by atoms with Crippen molar-refractivity contribution in [3.8, 4) is 5.75 Å². The van der Waals surface area contributed by atoms with Crippen LogP contribution in [0.4, 0.5) is 0 Å². The molecule has 0 heterocycles. The van der Waals surface area contributed by atoms with E-state index in [4.69, 9.17) is 4.74 Å². The van der Waals surface area contributed by atoms with E-state index in [-0.39, 0.29) is 5.91 Å². The van der Waals surface area contributed by atoms with Crippen LogP contribution in [0, 0.1) is 13.8 Å². The molecule has 1 aromatic carbocycles. The number of aryl methyl sites for hydroxylation is 1. The molecule has 0 aliphatic heterocycles. The fourth-order valence-corrected chi connectivity index (χ4v) is 2.69. The van der Waals surface area contributed by atoms with Gasteiger partial charge < -0.3 is 10.1 Å². The Labute approximate surface area is 121 Å². The van der Waals surface area contributed by atoms with Crippen molar-refractivity contribution < 1.29 is 9.53 Å². The third-order valence-electron chi connectivity index (χ3n) is 4.19. The van der Waals surface area contributed by atoms with Crippen molar-refractivity contribution in [3.05, 3.63) is 29.3 Å². The van der Waals surface area contributed by atoms with E-state index in [9.17, 15) is 4.79 Å². The number of amides is 1. The highest BCUT2D eigenvalue weighted by Crippen LogP contribution is 2.23. The molecule has 110 valence electrons. The third-order valence-corrected chi connectivity index (χ3v) is 4.19. The lowest BCUT2D eigenvalue weighted by atomic mass is 10.1. The summed E-state index contributed by atoms with van der Waals surface area (Å²) in [5.74, 6) is 0.846. The maximum absolute atomic E-state index is 12.3. The molecule has 20 heavy (non-hydrogen) atoms. The Balaban J connectivity index is 2.00. The number of carbonyl (C=O) groups excluding carboxylic acids is 1. The first-order valence-electron chi connectivity index (χ1n) is 7.65. The zero-order valence-electron chi connectivity index (χ0n) is 12.7. The van der Waals surface area contributed by atoms with Gasteiger partial charge in [-0.1, -0.05) is 31.9 Å². The molecule has 3 nitrogen and oxygen atoms in total. The van der Waals surface area contributed by atoms with Crippen molar-refractivity contribution in [3.63, 3.8) is 0 Å². The fourth-order valence-electron chi connectivity index (χ4n) is 2.69. The number of hydrogen-bond acceptors (Lipinski definition) is 2. The SMILES string of the molecule is CC[C@@H](Oc1cccc(C)c1C)C(=O)NC1CCCC1. The second kappa shape index (κ2) is 6.78. The van der Waals surface area contributed by atoms with Gasteiger partial charge in [-0.05, 0) is 50.3 Å².